The highest BCUT2D eigenvalue weighted by molar-refractivity contribution is 7.88. The summed E-state index contributed by atoms with van der Waals surface area (Å²) in [5.74, 6) is -0.0594. The smallest absolute Gasteiger partial charge is 0.216 e. The summed E-state index contributed by atoms with van der Waals surface area (Å²) in [5, 5.41) is 0. The van der Waals surface area contributed by atoms with Gasteiger partial charge in [-0.05, 0) is 25.0 Å². The van der Waals surface area contributed by atoms with Crippen molar-refractivity contribution in [1.82, 2.24) is 4.72 Å². The van der Waals surface area contributed by atoms with E-state index in [1.807, 2.05) is 6.92 Å². The van der Waals surface area contributed by atoms with E-state index < -0.39 is 10.0 Å². The average Bonchev–Trinajstić information content (AvgIpc) is 2.28. The maximum absolute atomic E-state index is 12.0. The molecule has 0 heterocycles. The molecular weight excluding hydrogens is 248 g/mol. The van der Waals surface area contributed by atoms with Gasteiger partial charge in [0.05, 0.1) is 5.75 Å². The van der Waals surface area contributed by atoms with Crippen molar-refractivity contribution in [2.75, 3.05) is 5.73 Å². The Hall–Kier alpha value is -1.07. The van der Waals surface area contributed by atoms with Gasteiger partial charge in [-0.1, -0.05) is 38.0 Å². The summed E-state index contributed by atoms with van der Waals surface area (Å²) in [5.41, 5.74) is 6.91. The molecule has 0 saturated heterocycles. The molecule has 1 unspecified atom stereocenters. The van der Waals surface area contributed by atoms with E-state index in [0.717, 1.165) is 19.3 Å². The third-order valence-corrected chi connectivity index (χ3v) is 4.22. The minimum Gasteiger partial charge on any atom is -0.398 e. The molecule has 102 valence electrons. The van der Waals surface area contributed by atoms with Gasteiger partial charge in [0, 0.05) is 11.7 Å². The Kier molecular flexibility index (Phi) is 5.62. The molecule has 0 amide bonds. The van der Waals surface area contributed by atoms with Crippen molar-refractivity contribution >= 4 is 15.7 Å². The lowest BCUT2D eigenvalue weighted by atomic mass is 10.2. The van der Waals surface area contributed by atoms with Crippen molar-refractivity contribution in [3.8, 4) is 0 Å². The molecule has 0 saturated carbocycles. The lowest BCUT2D eigenvalue weighted by Crippen LogP contribution is -2.33. The summed E-state index contributed by atoms with van der Waals surface area (Å²) in [4.78, 5) is 0. The number of hydrogen-bond acceptors (Lipinski definition) is 3. The van der Waals surface area contributed by atoms with Crippen LogP contribution in [0, 0.1) is 0 Å². The molecule has 0 radical (unpaired) electrons. The van der Waals surface area contributed by atoms with Crippen molar-refractivity contribution < 1.29 is 8.42 Å². The van der Waals surface area contributed by atoms with Crippen LogP contribution in [0.2, 0.25) is 0 Å². The fourth-order valence-electron chi connectivity index (χ4n) is 1.79. The van der Waals surface area contributed by atoms with Crippen molar-refractivity contribution in [2.24, 2.45) is 0 Å². The van der Waals surface area contributed by atoms with Crippen molar-refractivity contribution in [1.29, 1.82) is 0 Å². The van der Waals surface area contributed by atoms with Crippen LogP contribution < -0.4 is 10.5 Å². The Balaban J connectivity index is 2.63. The largest absolute Gasteiger partial charge is 0.398 e. The van der Waals surface area contributed by atoms with Crippen molar-refractivity contribution in [3.63, 3.8) is 0 Å². The molecule has 0 aromatic heterocycles. The molecule has 4 nitrogen and oxygen atoms in total. The van der Waals surface area contributed by atoms with Gasteiger partial charge in [-0.2, -0.15) is 0 Å². The van der Waals surface area contributed by atoms with Crippen molar-refractivity contribution in [3.05, 3.63) is 29.8 Å². The van der Waals surface area contributed by atoms with E-state index in [9.17, 15) is 8.42 Å². The summed E-state index contributed by atoms with van der Waals surface area (Å²) in [6.07, 6.45) is 2.95. The Bertz CT molecular complexity index is 472. The van der Waals surface area contributed by atoms with Crippen LogP contribution >= 0.6 is 0 Å². The number of nitrogens with one attached hydrogen (secondary N) is 1. The van der Waals surface area contributed by atoms with E-state index in [-0.39, 0.29) is 11.8 Å². The maximum Gasteiger partial charge on any atom is 0.216 e. The molecule has 0 fully saturated rings. The number of benzene rings is 1. The number of anilines is 1. The zero-order chi connectivity index (χ0) is 13.6. The average molecular weight is 270 g/mol. The quantitative estimate of drug-likeness (QED) is 0.747. The van der Waals surface area contributed by atoms with Gasteiger partial charge in [0.2, 0.25) is 10.0 Å². The summed E-state index contributed by atoms with van der Waals surface area (Å²) in [6.45, 7) is 3.98. The first kappa shape index (κ1) is 15.0. The number of rotatable bonds is 7. The van der Waals surface area contributed by atoms with E-state index in [0.29, 0.717) is 11.3 Å². The van der Waals surface area contributed by atoms with Crippen LogP contribution in [0.5, 0.6) is 0 Å². The second-order valence-electron chi connectivity index (χ2n) is 4.62. The number of sulfonamides is 1. The first-order chi connectivity index (χ1) is 8.44. The number of para-hydroxylation sites is 1. The Morgan fingerprint density at radius 3 is 2.61 bits per heavy atom. The van der Waals surface area contributed by atoms with Gasteiger partial charge in [0.1, 0.15) is 0 Å². The number of unbranched alkanes of at least 4 members (excludes halogenated alkanes) is 1. The minimum absolute atomic E-state index is 0.0279. The van der Waals surface area contributed by atoms with Gasteiger partial charge in [-0.15, -0.1) is 0 Å². The lowest BCUT2D eigenvalue weighted by molar-refractivity contribution is 0.533. The van der Waals surface area contributed by atoms with E-state index in [2.05, 4.69) is 11.6 Å². The lowest BCUT2D eigenvalue weighted by Gasteiger charge is -2.14. The van der Waals surface area contributed by atoms with Gasteiger partial charge in [0.25, 0.3) is 0 Å². The van der Waals surface area contributed by atoms with Crippen LogP contribution in [-0.2, 0) is 15.8 Å². The normalized spacial score (nSPS) is 13.4. The zero-order valence-electron chi connectivity index (χ0n) is 11.0. The van der Waals surface area contributed by atoms with Gasteiger partial charge < -0.3 is 5.73 Å². The molecule has 0 aliphatic heterocycles. The number of hydrogen-bond donors (Lipinski definition) is 2. The second-order valence-corrected chi connectivity index (χ2v) is 6.37. The van der Waals surface area contributed by atoms with Crippen molar-refractivity contribution in [2.45, 2.75) is 44.9 Å². The monoisotopic (exact) mass is 270 g/mol. The summed E-state index contributed by atoms with van der Waals surface area (Å²) in [7, 11) is -3.32. The minimum atomic E-state index is -3.32. The highest BCUT2D eigenvalue weighted by Crippen LogP contribution is 2.14. The molecule has 0 aliphatic rings. The Labute approximate surface area is 110 Å². The number of nitrogens with two attached hydrogens (primary N) is 1. The van der Waals surface area contributed by atoms with E-state index in [1.54, 1.807) is 24.3 Å². The molecule has 0 bridgehead atoms. The zero-order valence-corrected chi connectivity index (χ0v) is 11.8. The van der Waals surface area contributed by atoms with Gasteiger partial charge in [-0.3, -0.25) is 0 Å². The SMILES string of the molecule is CCCCC(C)NS(=O)(=O)Cc1ccccc1N. The molecule has 18 heavy (non-hydrogen) atoms. The van der Waals surface area contributed by atoms with E-state index in [1.165, 1.54) is 0 Å². The van der Waals surface area contributed by atoms with Gasteiger partial charge >= 0.3 is 0 Å². The first-order valence-electron chi connectivity index (χ1n) is 6.28. The fourth-order valence-corrected chi connectivity index (χ4v) is 3.27. The van der Waals surface area contributed by atoms with Crippen LogP contribution in [-0.4, -0.2) is 14.5 Å². The molecule has 1 aromatic carbocycles. The summed E-state index contributed by atoms with van der Waals surface area (Å²) >= 11 is 0. The molecule has 5 heteroatoms. The third kappa shape index (κ3) is 5.06. The first-order valence-corrected chi connectivity index (χ1v) is 7.93. The Morgan fingerprint density at radius 2 is 2.00 bits per heavy atom. The predicted molar refractivity (Wildman–Crippen MR) is 75.6 cm³/mol. The third-order valence-electron chi connectivity index (χ3n) is 2.77. The van der Waals surface area contributed by atoms with E-state index >= 15 is 0 Å². The molecule has 0 aliphatic carbocycles. The second kappa shape index (κ2) is 6.75. The number of nitrogen functional groups attached to an aromatic ring is 1. The summed E-state index contributed by atoms with van der Waals surface area (Å²) in [6, 6.07) is 7.01. The van der Waals surface area contributed by atoms with Crippen LogP contribution in [0.3, 0.4) is 0 Å². The molecule has 1 atom stereocenters. The predicted octanol–water partition coefficient (Wildman–Crippen LogP) is 2.27. The molecule has 1 rings (SSSR count). The van der Waals surface area contributed by atoms with Gasteiger partial charge in [-0.25, -0.2) is 13.1 Å². The molecule has 0 spiro atoms. The summed E-state index contributed by atoms with van der Waals surface area (Å²) < 4.78 is 26.6. The standard InChI is InChI=1S/C13H22N2O2S/c1-3-4-7-11(2)15-18(16,17)10-12-8-5-6-9-13(12)14/h5-6,8-9,11,15H,3-4,7,10,14H2,1-2H3. The van der Waals surface area contributed by atoms with Gasteiger partial charge in [0.15, 0.2) is 0 Å². The maximum atomic E-state index is 12.0. The topological polar surface area (TPSA) is 72.2 Å². The highest BCUT2D eigenvalue weighted by Gasteiger charge is 2.16. The van der Waals surface area contributed by atoms with Crippen LogP contribution in [0.15, 0.2) is 24.3 Å². The van der Waals surface area contributed by atoms with Crippen LogP contribution in [0.4, 0.5) is 5.69 Å². The fraction of sp³-hybridized carbons (Fsp3) is 0.538. The van der Waals surface area contributed by atoms with Crippen LogP contribution in [0.1, 0.15) is 38.7 Å². The van der Waals surface area contributed by atoms with Crippen LogP contribution in [0.25, 0.3) is 0 Å². The Morgan fingerprint density at radius 1 is 1.33 bits per heavy atom. The molecule has 1 aromatic rings. The highest BCUT2D eigenvalue weighted by atomic mass is 32.2. The van der Waals surface area contributed by atoms with E-state index in [4.69, 9.17) is 5.73 Å². The molecular formula is C13H22N2O2S. The molecule has 3 N–H and O–H groups in total.